The van der Waals surface area contributed by atoms with E-state index in [0.29, 0.717) is 6.54 Å². The van der Waals surface area contributed by atoms with Gasteiger partial charge in [0.15, 0.2) is 6.61 Å². The Hall–Kier alpha value is -3.22. The van der Waals surface area contributed by atoms with E-state index < -0.39 is 30.8 Å². The quantitative estimate of drug-likeness (QED) is 0.755. The topological polar surface area (TPSA) is 75.7 Å². The molecule has 2 amide bonds. The Labute approximate surface area is 156 Å². The second-order valence-electron chi connectivity index (χ2n) is 6.06. The van der Waals surface area contributed by atoms with Crippen LogP contribution in [0.5, 0.6) is 0 Å². The predicted molar refractivity (Wildman–Crippen MR) is 97.3 cm³/mol. The van der Waals surface area contributed by atoms with Crippen molar-refractivity contribution in [2.45, 2.75) is 13.5 Å². The number of aryl methyl sites for hydroxylation is 1. The van der Waals surface area contributed by atoms with Crippen LogP contribution in [-0.2, 0) is 20.9 Å². The molecule has 0 unspecified atom stereocenters. The van der Waals surface area contributed by atoms with Gasteiger partial charge < -0.3 is 15.0 Å². The van der Waals surface area contributed by atoms with Gasteiger partial charge in [0.2, 0.25) is 0 Å². The maximum atomic E-state index is 13.5. The largest absolute Gasteiger partial charge is 0.454 e. The van der Waals surface area contributed by atoms with Crippen LogP contribution < -0.4 is 5.32 Å². The third-order valence-electron chi connectivity index (χ3n) is 3.83. The molecule has 0 heterocycles. The lowest BCUT2D eigenvalue weighted by Crippen LogP contribution is -2.34. The van der Waals surface area contributed by atoms with Crippen molar-refractivity contribution in [1.82, 2.24) is 10.2 Å². The zero-order valence-electron chi connectivity index (χ0n) is 15.2. The lowest BCUT2D eigenvalue weighted by Gasteiger charge is -2.17. The summed E-state index contributed by atoms with van der Waals surface area (Å²) in [5.41, 5.74) is 1.92. The zero-order chi connectivity index (χ0) is 19.8. The van der Waals surface area contributed by atoms with Crippen molar-refractivity contribution in [3.8, 4) is 0 Å². The van der Waals surface area contributed by atoms with E-state index >= 15 is 0 Å². The SMILES string of the molecule is Cc1ccc(CN(C)C(=O)COC(=O)CNC(=O)c2ccccc2F)cc1. The molecular formula is C20H21FN2O4. The van der Waals surface area contributed by atoms with E-state index in [0.717, 1.165) is 17.2 Å². The van der Waals surface area contributed by atoms with Gasteiger partial charge in [0.25, 0.3) is 11.8 Å². The Morgan fingerprint density at radius 3 is 2.41 bits per heavy atom. The maximum Gasteiger partial charge on any atom is 0.325 e. The molecule has 0 aliphatic heterocycles. The van der Waals surface area contributed by atoms with Crippen molar-refractivity contribution in [3.05, 3.63) is 71.0 Å². The first-order chi connectivity index (χ1) is 12.9. The average molecular weight is 372 g/mol. The van der Waals surface area contributed by atoms with Gasteiger partial charge in [0.05, 0.1) is 5.56 Å². The lowest BCUT2D eigenvalue weighted by atomic mass is 10.1. The van der Waals surface area contributed by atoms with E-state index in [-0.39, 0.29) is 11.5 Å². The second kappa shape index (κ2) is 9.47. The third kappa shape index (κ3) is 6.22. The third-order valence-corrected chi connectivity index (χ3v) is 3.83. The molecule has 27 heavy (non-hydrogen) atoms. The Morgan fingerprint density at radius 2 is 1.74 bits per heavy atom. The summed E-state index contributed by atoms with van der Waals surface area (Å²) in [4.78, 5) is 37.0. The summed E-state index contributed by atoms with van der Waals surface area (Å²) in [7, 11) is 1.61. The number of carbonyl (C=O) groups is 3. The molecule has 0 radical (unpaired) electrons. The van der Waals surface area contributed by atoms with E-state index in [9.17, 15) is 18.8 Å². The van der Waals surface area contributed by atoms with Gasteiger partial charge >= 0.3 is 5.97 Å². The van der Waals surface area contributed by atoms with Crippen molar-refractivity contribution in [2.75, 3.05) is 20.2 Å². The first kappa shape index (κ1) is 20.1. The number of carbonyl (C=O) groups excluding carboxylic acids is 3. The Kier molecular flexibility index (Phi) is 7.05. The van der Waals surface area contributed by atoms with Gasteiger partial charge in [-0.25, -0.2) is 4.39 Å². The molecule has 6 nitrogen and oxygen atoms in total. The fraction of sp³-hybridized carbons (Fsp3) is 0.250. The normalized spacial score (nSPS) is 10.2. The van der Waals surface area contributed by atoms with E-state index in [4.69, 9.17) is 4.74 Å². The molecule has 0 aliphatic carbocycles. The minimum atomic E-state index is -0.781. The minimum absolute atomic E-state index is 0.167. The molecular weight excluding hydrogens is 351 g/mol. The number of hydrogen-bond acceptors (Lipinski definition) is 4. The van der Waals surface area contributed by atoms with Crippen LogP contribution >= 0.6 is 0 Å². The number of halogens is 1. The fourth-order valence-corrected chi connectivity index (χ4v) is 2.25. The minimum Gasteiger partial charge on any atom is -0.454 e. The summed E-state index contributed by atoms with van der Waals surface area (Å²) in [6.45, 7) is 1.47. The average Bonchev–Trinajstić information content (AvgIpc) is 2.66. The summed E-state index contributed by atoms with van der Waals surface area (Å²) in [6.07, 6.45) is 0. The van der Waals surface area contributed by atoms with Gasteiger partial charge in [0, 0.05) is 13.6 Å². The Balaban J connectivity index is 1.74. The van der Waals surface area contributed by atoms with Gasteiger partial charge in [0.1, 0.15) is 12.4 Å². The van der Waals surface area contributed by atoms with Gasteiger partial charge in [-0.15, -0.1) is 0 Å². The molecule has 2 aromatic rings. The molecule has 2 aromatic carbocycles. The van der Waals surface area contributed by atoms with Crippen molar-refractivity contribution in [3.63, 3.8) is 0 Å². The van der Waals surface area contributed by atoms with Gasteiger partial charge in [-0.1, -0.05) is 42.0 Å². The van der Waals surface area contributed by atoms with Crippen molar-refractivity contribution in [1.29, 1.82) is 0 Å². The van der Waals surface area contributed by atoms with Crippen LogP contribution in [0.2, 0.25) is 0 Å². The molecule has 0 aliphatic rings. The highest BCUT2D eigenvalue weighted by molar-refractivity contribution is 5.96. The van der Waals surface area contributed by atoms with Crippen LogP contribution in [0.4, 0.5) is 4.39 Å². The number of rotatable bonds is 7. The summed E-state index contributed by atoms with van der Waals surface area (Å²) in [5, 5.41) is 2.26. The maximum absolute atomic E-state index is 13.5. The highest BCUT2D eigenvalue weighted by Gasteiger charge is 2.15. The van der Waals surface area contributed by atoms with Crippen LogP contribution in [-0.4, -0.2) is 42.9 Å². The fourth-order valence-electron chi connectivity index (χ4n) is 2.25. The number of likely N-dealkylation sites (N-methyl/N-ethyl adjacent to an activating group) is 1. The highest BCUT2D eigenvalue weighted by Crippen LogP contribution is 2.07. The number of esters is 1. The summed E-state index contributed by atoms with van der Waals surface area (Å²) < 4.78 is 18.3. The van der Waals surface area contributed by atoms with Crippen molar-refractivity contribution >= 4 is 17.8 Å². The van der Waals surface area contributed by atoms with Crippen LogP contribution in [0.15, 0.2) is 48.5 Å². The molecule has 0 spiro atoms. The second-order valence-corrected chi connectivity index (χ2v) is 6.06. The molecule has 0 bridgehead atoms. The molecule has 0 atom stereocenters. The van der Waals surface area contributed by atoms with Crippen LogP contribution in [0.1, 0.15) is 21.5 Å². The van der Waals surface area contributed by atoms with Crippen LogP contribution in [0.3, 0.4) is 0 Å². The smallest absolute Gasteiger partial charge is 0.325 e. The molecule has 142 valence electrons. The summed E-state index contributed by atoms with van der Waals surface area (Å²) >= 11 is 0. The van der Waals surface area contributed by atoms with Gasteiger partial charge in [-0.2, -0.15) is 0 Å². The van der Waals surface area contributed by atoms with Gasteiger partial charge in [-0.05, 0) is 24.6 Å². The molecule has 0 fully saturated rings. The number of amides is 2. The lowest BCUT2D eigenvalue weighted by molar-refractivity contribution is -0.150. The Morgan fingerprint density at radius 1 is 1.07 bits per heavy atom. The molecule has 0 aromatic heterocycles. The molecule has 2 rings (SSSR count). The molecule has 7 heteroatoms. The van der Waals surface area contributed by atoms with Crippen molar-refractivity contribution < 1.29 is 23.5 Å². The number of nitrogens with one attached hydrogen (secondary N) is 1. The van der Waals surface area contributed by atoms with Gasteiger partial charge in [-0.3, -0.25) is 14.4 Å². The molecule has 0 saturated heterocycles. The first-order valence-corrected chi connectivity index (χ1v) is 8.34. The predicted octanol–water partition coefficient (Wildman–Crippen LogP) is 2.07. The zero-order valence-corrected chi connectivity index (χ0v) is 15.2. The first-order valence-electron chi connectivity index (χ1n) is 8.34. The standard InChI is InChI=1S/C20H21FN2O4/c1-14-7-9-15(10-8-14)12-23(2)18(24)13-27-19(25)11-22-20(26)16-5-3-4-6-17(16)21/h3-10H,11-13H2,1-2H3,(H,22,26). The number of hydrogen-bond donors (Lipinski definition) is 1. The number of benzene rings is 2. The highest BCUT2D eigenvalue weighted by atomic mass is 19.1. The van der Waals surface area contributed by atoms with Crippen LogP contribution in [0, 0.1) is 12.7 Å². The monoisotopic (exact) mass is 372 g/mol. The summed E-state index contributed by atoms with van der Waals surface area (Å²) in [6, 6.07) is 13.2. The van der Waals surface area contributed by atoms with E-state index in [1.165, 1.54) is 23.1 Å². The number of ether oxygens (including phenoxy) is 1. The Bertz CT molecular complexity index is 821. The van der Waals surface area contributed by atoms with E-state index in [2.05, 4.69) is 5.32 Å². The van der Waals surface area contributed by atoms with E-state index in [1.54, 1.807) is 7.05 Å². The summed E-state index contributed by atoms with van der Waals surface area (Å²) in [5.74, 6) is -2.56. The van der Waals surface area contributed by atoms with E-state index in [1.807, 2.05) is 31.2 Å². The number of nitrogens with zero attached hydrogens (tertiary/aromatic N) is 1. The van der Waals surface area contributed by atoms with Crippen molar-refractivity contribution in [2.24, 2.45) is 0 Å². The molecule has 1 N–H and O–H groups in total. The van der Waals surface area contributed by atoms with Crippen LogP contribution in [0.25, 0.3) is 0 Å². The molecule has 0 saturated carbocycles.